The van der Waals surface area contributed by atoms with Gasteiger partial charge in [-0.2, -0.15) is 0 Å². The average molecular weight is 648 g/mol. The van der Waals surface area contributed by atoms with Crippen LogP contribution in [-0.4, -0.2) is 102 Å². The molecule has 260 valence electrons. The van der Waals surface area contributed by atoms with E-state index in [0.29, 0.717) is 64.3 Å². The van der Waals surface area contributed by atoms with E-state index in [2.05, 4.69) is 40.4 Å². The molecule has 1 aliphatic carbocycles. The zero-order chi connectivity index (χ0) is 34.0. The van der Waals surface area contributed by atoms with Gasteiger partial charge in [-0.05, 0) is 62.7 Å². The van der Waals surface area contributed by atoms with Crippen LogP contribution in [0.4, 0.5) is 9.59 Å². The van der Waals surface area contributed by atoms with Gasteiger partial charge in [0.2, 0.25) is 17.6 Å². The van der Waals surface area contributed by atoms with Crippen molar-refractivity contribution in [3.05, 3.63) is 0 Å². The molecule has 2 aliphatic heterocycles. The molecule has 0 aromatic rings. The highest BCUT2D eigenvalue weighted by atomic mass is 16.2. The molecule has 0 aromatic carbocycles. The molecule has 5 N–H and O–H groups in total. The van der Waals surface area contributed by atoms with Crippen LogP contribution < -0.4 is 26.6 Å². The molecule has 2 saturated heterocycles. The van der Waals surface area contributed by atoms with Gasteiger partial charge in [0, 0.05) is 38.8 Å². The summed E-state index contributed by atoms with van der Waals surface area (Å²) in [5.41, 5.74) is -0.681. The van der Waals surface area contributed by atoms with Gasteiger partial charge in [0.1, 0.15) is 12.1 Å². The molecule has 0 bridgehead atoms. The number of urea groups is 2. The first-order valence-corrected chi connectivity index (χ1v) is 17.2. The van der Waals surface area contributed by atoms with E-state index < -0.39 is 47.2 Å². The Morgan fingerprint density at radius 2 is 1.65 bits per heavy atom. The molecule has 3 fully saturated rings. The van der Waals surface area contributed by atoms with E-state index in [1.54, 1.807) is 11.8 Å². The quantitative estimate of drug-likeness (QED) is 0.171. The molecule has 7 amide bonds. The van der Waals surface area contributed by atoms with Crippen molar-refractivity contribution >= 4 is 35.6 Å². The molecule has 1 unspecified atom stereocenters. The maximum Gasteiger partial charge on any atom is 0.317 e. The van der Waals surface area contributed by atoms with Gasteiger partial charge >= 0.3 is 12.1 Å². The second-order valence-electron chi connectivity index (χ2n) is 14.6. The lowest BCUT2D eigenvalue weighted by Crippen LogP contribution is -2.61. The molecular weight excluding hydrogens is 590 g/mol. The lowest BCUT2D eigenvalue weighted by atomic mass is 9.80. The summed E-state index contributed by atoms with van der Waals surface area (Å²) in [6.45, 7) is 13.8. The Kier molecular flexibility index (Phi) is 13.7. The van der Waals surface area contributed by atoms with Crippen LogP contribution in [0.15, 0.2) is 0 Å². The number of carbonyl (C=O) groups excluding carboxylic acids is 6. The Morgan fingerprint density at radius 1 is 0.935 bits per heavy atom. The molecule has 4 atom stereocenters. The molecule has 2 heterocycles. The molecular formula is C33H57N7O6. The van der Waals surface area contributed by atoms with Gasteiger partial charge in [0.05, 0.1) is 6.04 Å². The lowest BCUT2D eigenvalue weighted by Gasteiger charge is -2.36. The number of nitrogens with one attached hydrogen (secondary N) is 5. The van der Waals surface area contributed by atoms with Crippen LogP contribution >= 0.6 is 0 Å². The number of hydrogen-bond acceptors (Lipinski definition) is 6. The SMILES string of the molecule is CCNC(=O)C(=O)C(CC1CCC1)NC(=O)[C@@H]1CCCN1C(=O)[C@@H](NC(=O)N[C@@H](CCC(C)C)CN1CCCNC1=O)C(C)(C)C. The molecule has 3 aliphatic rings. The average Bonchev–Trinajstić information content (AvgIpc) is 3.46. The maximum atomic E-state index is 14.1. The molecule has 1 saturated carbocycles. The van der Waals surface area contributed by atoms with Gasteiger partial charge in [-0.1, -0.05) is 53.9 Å². The Hall–Kier alpha value is -3.38. The van der Waals surface area contributed by atoms with Crippen LogP contribution in [0.5, 0.6) is 0 Å². The predicted octanol–water partition coefficient (Wildman–Crippen LogP) is 2.29. The summed E-state index contributed by atoms with van der Waals surface area (Å²) in [6.07, 6.45) is 6.74. The van der Waals surface area contributed by atoms with Crippen molar-refractivity contribution in [2.24, 2.45) is 17.3 Å². The van der Waals surface area contributed by atoms with Crippen LogP contribution in [0.2, 0.25) is 0 Å². The lowest BCUT2D eigenvalue weighted by molar-refractivity contribution is -0.144. The van der Waals surface area contributed by atoms with Crippen LogP contribution in [0.25, 0.3) is 0 Å². The first kappa shape index (κ1) is 37.1. The number of carbonyl (C=O) groups is 6. The Morgan fingerprint density at radius 3 is 2.24 bits per heavy atom. The number of ketones is 1. The van der Waals surface area contributed by atoms with Gasteiger partial charge in [-0.15, -0.1) is 0 Å². The number of Topliss-reactive ketones (excluding diaryl/α,β-unsaturated/α-hetero) is 1. The number of rotatable bonds is 15. The van der Waals surface area contributed by atoms with E-state index in [-0.39, 0.29) is 23.9 Å². The van der Waals surface area contributed by atoms with Gasteiger partial charge < -0.3 is 36.4 Å². The van der Waals surface area contributed by atoms with E-state index >= 15 is 0 Å². The fourth-order valence-electron chi connectivity index (χ4n) is 6.31. The third-order valence-corrected chi connectivity index (χ3v) is 9.25. The smallest absolute Gasteiger partial charge is 0.317 e. The first-order valence-electron chi connectivity index (χ1n) is 17.2. The molecule has 13 heteroatoms. The summed E-state index contributed by atoms with van der Waals surface area (Å²) in [7, 11) is 0. The summed E-state index contributed by atoms with van der Waals surface area (Å²) < 4.78 is 0. The zero-order valence-electron chi connectivity index (χ0n) is 28.7. The molecule has 0 aromatic heterocycles. The van der Waals surface area contributed by atoms with E-state index in [4.69, 9.17) is 0 Å². The third-order valence-electron chi connectivity index (χ3n) is 9.25. The van der Waals surface area contributed by atoms with Gasteiger partial charge in [0.25, 0.3) is 5.91 Å². The molecule has 46 heavy (non-hydrogen) atoms. The number of hydrogen-bond donors (Lipinski definition) is 5. The highest BCUT2D eigenvalue weighted by Gasteiger charge is 2.43. The molecule has 3 rings (SSSR count). The highest BCUT2D eigenvalue weighted by Crippen LogP contribution is 2.31. The number of likely N-dealkylation sites (N-methyl/N-ethyl adjacent to an activating group) is 1. The normalized spacial score (nSPS) is 20.7. The molecule has 0 spiro atoms. The zero-order valence-corrected chi connectivity index (χ0v) is 28.7. The van der Waals surface area contributed by atoms with E-state index in [1.807, 2.05) is 20.8 Å². The number of nitrogens with zero attached hydrogens (tertiary/aromatic N) is 2. The Labute approximate surface area is 274 Å². The minimum Gasteiger partial charge on any atom is -0.350 e. The van der Waals surface area contributed by atoms with Crippen molar-refractivity contribution in [3.63, 3.8) is 0 Å². The first-order chi connectivity index (χ1) is 21.7. The molecule has 0 radical (unpaired) electrons. The minimum absolute atomic E-state index is 0.147. The van der Waals surface area contributed by atoms with E-state index in [9.17, 15) is 28.8 Å². The molecule has 13 nitrogen and oxygen atoms in total. The van der Waals surface area contributed by atoms with Crippen LogP contribution in [0.1, 0.15) is 99.3 Å². The monoisotopic (exact) mass is 647 g/mol. The van der Waals surface area contributed by atoms with Crippen LogP contribution in [0.3, 0.4) is 0 Å². The minimum atomic E-state index is -0.950. The van der Waals surface area contributed by atoms with Gasteiger partial charge in [0.15, 0.2) is 0 Å². The van der Waals surface area contributed by atoms with E-state index in [1.165, 1.54) is 4.90 Å². The summed E-state index contributed by atoms with van der Waals surface area (Å²) in [4.78, 5) is 82.0. The second-order valence-corrected chi connectivity index (χ2v) is 14.6. The third kappa shape index (κ3) is 10.6. The fourth-order valence-corrected chi connectivity index (χ4v) is 6.31. The summed E-state index contributed by atoms with van der Waals surface area (Å²) in [5, 5.41) is 14.1. The summed E-state index contributed by atoms with van der Waals surface area (Å²) in [6, 6.07) is -3.66. The van der Waals surface area contributed by atoms with Crippen LogP contribution in [0, 0.1) is 17.3 Å². The van der Waals surface area contributed by atoms with Crippen molar-refractivity contribution in [1.82, 2.24) is 36.4 Å². The Balaban J connectivity index is 1.70. The van der Waals surface area contributed by atoms with Crippen molar-refractivity contribution in [2.75, 3.05) is 32.7 Å². The van der Waals surface area contributed by atoms with E-state index in [0.717, 1.165) is 32.1 Å². The highest BCUT2D eigenvalue weighted by molar-refractivity contribution is 6.38. The Bertz CT molecular complexity index is 1100. The van der Waals surface area contributed by atoms with Crippen molar-refractivity contribution in [2.45, 2.75) is 123 Å². The van der Waals surface area contributed by atoms with Gasteiger partial charge in [-0.25, -0.2) is 9.59 Å². The fraction of sp³-hybridized carbons (Fsp3) is 0.818. The number of likely N-dealkylation sites (tertiary alicyclic amines) is 1. The topological polar surface area (TPSA) is 169 Å². The predicted molar refractivity (Wildman–Crippen MR) is 175 cm³/mol. The maximum absolute atomic E-state index is 14.1. The second kappa shape index (κ2) is 17.0. The summed E-state index contributed by atoms with van der Waals surface area (Å²) in [5.74, 6) is -1.54. The standard InChI is InChI=1S/C33H57N7O6/c1-7-34-29(43)26(41)24(19-22-11-8-12-22)37-28(42)25-13-9-18-40(25)30(44)27(33(4,5)6)38-31(45)36-23(15-14-21(2)3)20-39-17-10-16-35-32(39)46/h21-25,27H,7-20H2,1-6H3,(H,34,43)(H,35,46)(H,37,42)(H2,36,38,45)/t23-,24?,25-,27+/m0/s1. The van der Waals surface area contributed by atoms with Crippen molar-refractivity contribution in [1.29, 1.82) is 0 Å². The van der Waals surface area contributed by atoms with Crippen LogP contribution in [-0.2, 0) is 19.2 Å². The largest absolute Gasteiger partial charge is 0.350 e. The van der Waals surface area contributed by atoms with Crippen molar-refractivity contribution in [3.8, 4) is 0 Å². The van der Waals surface area contributed by atoms with Gasteiger partial charge in [-0.3, -0.25) is 19.2 Å². The van der Waals surface area contributed by atoms with Crippen molar-refractivity contribution < 1.29 is 28.8 Å². The number of amides is 7. The summed E-state index contributed by atoms with van der Waals surface area (Å²) >= 11 is 0.